The smallest absolute Gasteiger partial charge is 0.256 e. The van der Waals surface area contributed by atoms with Crippen molar-refractivity contribution in [1.82, 2.24) is 10.3 Å². The van der Waals surface area contributed by atoms with Gasteiger partial charge in [0.1, 0.15) is 0 Å². The van der Waals surface area contributed by atoms with E-state index in [9.17, 15) is 4.79 Å². The van der Waals surface area contributed by atoms with Gasteiger partial charge in [0.05, 0.1) is 24.4 Å². The molecule has 3 rings (SSSR count). The summed E-state index contributed by atoms with van der Waals surface area (Å²) in [5, 5.41) is 3.75. The number of fused-ring (bicyclic) bond motifs is 1. The number of nitrogens with zero attached hydrogens (tertiary/aromatic N) is 1. The van der Waals surface area contributed by atoms with E-state index in [0.29, 0.717) is 17.9 Å². The number of ether oxygens (including phenoxy) is 1. The first-order valence-electron chi connectivity index (χ1n) is 7.44. The molecule has 0 aliphatic rings. The van der Waals surface area contributed by atoms with Crippen molar-refractivity contribution >= 4 is 16.8 Å². The lowest BCUT2D eigenvalue weighted by molar-refractivity contribution is 0.0949. The van der Waals surface area contributed by atoms with Crippen molar-refractivity contribution in [2.75, 3.05) is 7.11 Å². The van der Waals surface area contributed by atoms with E-state index in [1.807, 2.05) is 49.4 Å². The molecular weight excluding hydrogens is 288 g/mol. The summed E-state index contributed by atoms with van der Waals surface area (Å²) in [7, 11) is 1.54. The van der Waals surface area contributed by atoms with Crippen molar-refractivity contribution in [3.8, 4) is 5.75 Å². The average molecular weight is 306 g/mol. The van der Waals surface area contributed by atoms with Crippen LogP contribution >= 0.6 is 0 Å². The Morgan fingerprint density at radius 1 is 1.17 bits per heavy atom. The summed E-state index contributed by atoms with van der Waals surface area (Å²) >= 11 is 0. The molecule has 1 aromatic heterocycles. The van der Waals surface area contributed by atoms with Crippen molar-refractivity contribution in [2.45, 2.75) is 13.5 Å². The van der Waals surface area contributed by atoms with Gasteiger partial charge in [0.15, 0.2) is 5.75 Å². The fourth-order valence-corrected chi connectivity index (χ4v) is 2.60. The Morgan fingerprint density at radius 2 is 2.00 bits per heavy atom. The monoisotopic (exact) mass is 306 g/mol. The van der Waals surface area contributed by atoms with Gasteiger partial charge in [0.2, 0.25) is 0 Å². The van der Waals surface area contributed by atoms with E-state index in [1.54, 1.807) is 13.3 Å². The molecule has 0 spiro atoms. The van der Waals surface area contributed by atoms with Gasteiger partial charge in [-0.2, -0.15) is 0 Å². The van der Waals surface area contributed by atoms with Crippen LogP contribution < -0.4 is 10.1 Å². The summed E-state index contributed by atoms with van der Waals surface area (Å²) in [6.45, 7) is 2.51. The van der Waals surface area contributed by atoms with Gasteiger partial charge in [-0.1, -0.05) is 48.0 Å². The molecule has 4 nitrogen and oxygen atoms in total. The molecule has 3 aromatic rings. The zero-order chi connectivity index (χ0) is 16.2. The van der Waals surface area contributed by atoms with Crippen LogP contribution in [-0.2, 0) is 6.54 Å². The second-order valence-corrected chi connectivity index (χ2v) is 5.39. The van der Waals surface area contributed by atoms with E-state index in [-0.39, 0.29) is 5.91 Å². The highest BCUT2D eigenvalue weighted by atomic mass is 16.5. The molecule has 0 saturated heterocycles. The molecule has 1 N–H and O–H groups in total. The standard InChI is InChI=1S/C19H18N2O2/c1-13-6-5-7-14(10-13)11-21-19(22)18-15-8-3-4-9-16(15)20-12-17(18)23-2/h3-10,12H,11H2,1-2H3,(H,21,22). The van der Waals surface area contributed by atoms with Crippen LogP contribution in [0.15, 0.2) is 54.7 Å². The molecular formula is C19H18N2O2. The molecule has 2 aromatic carbocycles. The first kappa shape index (κ1) is 15.0. The molecule has 0 aliphatic heterocycles. The number of rotatable bonds is 4. The van der Waals surface area contributed by atoms with Gasteiger partial charge in [0.25, 0.3) is 5.91 Å². The van der Waals surface area contributed by atoms with Crippen molar-refractivity contribution in [3.05, 3.63) is 71.4 Å². The zero-order valence-electron chi connectivity index (χ0n) is 13.2. The summed E-state index contributed by atoms with van der Waals surface area (Å²) in [5.74, 6) is 0.312. The summed E-state index contributed by atoms with van der Waals surface area (Å²) < 4.78 is 5.32. The number of hydrogen-bond donors (Lipinski definition) is 1. The third kappa shape index (κ3) is 3.16. The lowest BCUT2D eigenvalue weighted by Crippen LogP contribution is -2.23. The second-order valence-electron chi connectivity index (χ2n) is 5.39. The SMILES string of the molecule is COc1cnc2ccccc2c1C(=O)NCc1cccc(C)c1. The summed E-state index contributed by atoms with van der Waals surface area (Å²) in [4.78, 5) is 17.0. The number of para-hydroxylation sites is 1. The van der Waals surface area contributed by atoms with E-state index >= 15 is 0 Å². The van der Waals surface area contributed by atoms with Crippen LogP contribution in [0.1, 0.15) is 21.5 Å². The highest BCUT2D eigenvalue weighted by Crippen LogP contribution is 2.25. The van der Waals surface area contributed by atoms with Crippen LogP contribution in [0, 0.1) is 6.92 Å². The first-order chi connectivity index (χ1) is 11.2. The maximum Gasteiger partial charge on any atom is 0.256 e. The Balaban J connectivity index is 1.91. The van der Waals surface area contributed by atoms with Crippen LogP contribution in [0.2, 0.25) is 0 Å². The van der Waals surface area contributed by atoms with Crippen LogP contribution in [0.25, 0.3) is 10.9 Å². The molecule has 0 bridgehead atoms. The Kier molecular flexibility index (Phi) is 4.24. The van der Waals surface area contributed by atoms with Crippen molar-refractivity contribution < 1.29 is 9.53 Å². The number of hydrogen-bond acceptors (Lipinski definition) is 3. The van der Waals surface area contributed by atoms with Crippen molar-refractivity contribution in [3.63, 3.8) is 0 Å². The van der Waals surface area contributed by atoms with Gasteiger partial charge in [0, 0.05) is 11.9 Å². The summed E-state index contributed by atoms with van der Waals surface area (Å²) in [5.41, 5.74) is 3.53. The highest BCUT2D eigenvalue weighted by Gasteiger charge is 2.16. The quantitative estimate of drug-likeness (QED) is 0.803. The number of aromatic nitrogens is 1. The van der Waals surface area contributed by atoms with Gasteiger partial charge in [-0.25, -0.2) is 0 Å². The van der Waals surface area contributed by atoms with E-state index in [4.69, 9.17) is 4.74 Å². The molecule has 116 valence electrons. The van der Waals surface area contributed by atoms with E-state index < -0.39 is 0 Å². The lowest BCUT2D eigenvalue weighted by atomic mass is 10.1. The van der Waals surface area contributed by atoms with Crippen molar-refractivity contribution in [2.24, 2.45) is 0 Å². The van der Waals surface area contributed by atoms with Gasteiger partial charge in [-0.3, -0.25) is 9.78 Å². The summed E-state index contributed by atoms with van der Waals surface area (Å²) in [6.07, 6.45) is 1.59. The highest BCUT2D eigenvalue weighted by molar-refractivity contribution is 6.08. The summed E-state index contributed by atoms with van der Waals surface area (Å²) in [6, 6.07) is 15.6. The molecule has 0 unspecified atom stereocenters. The molecule has 0 aliphatic carbocycles. The molecule has 23 heavy (non-hydrogen) atoms. The van der Waals surface area contributed by atoms with Crippen LogP contribution in [-0.4, -0.2) is 18.0 Å². The van der Waals surface area contributed by atoms with Gasteiger partial charge >= 0.3 is 0 Å². The molecule has 1 amide bonds. The maximum atomic E-state index is 12.7. The first-order valence-corrected chi connectivity index (χ1v) is 7.44. The number of nitrogens with one attached hydrogen (secondary N) is 1. The topological polar surface area (TPSA) is 51.2 Å². The number of carbonyl (C=O) groups excluding carboxylic acids is 1. The maximum absolute atomic E-state index is 12.7. The largest absolute Gasteiger partial charge is 0.494 e. The fraction of sp³-hybridized carbons (Fsp3) is 0.158. The van der Waals surface area contributed by atoms with Crippen LogP contribution in [0.4, 0.5) is 0 Å². The molecule has 4 heteroatoms. The number of aryl methyl sites for hydroxylation is 1. The average Bonchev–Trinajstić information content (AvgIpc) is 2.58. The number of carbonyl (C=O) groups is 1. The normalized spacial score (nSPS) is 10.5. The third-order valence-electron chi connectivity index (χ3n) is 3.72. The second kappa shape index (κ2) is 6.48. The van der Waals surface area contributed by atoms with E-state index in [2.05, 4.69) is 16.4 Å². The lowest BCUT2D eigenvalue weighted by Gasteiger charge is -2.12. The third-order valence-corrected chi connectivity index (χ3v) is 3.72. The minimum absolute atomic E-state index is 0.165. The molecule has 0 fully saturated rings. The minimum Gasteiger partial charge on any atom is -0.494 e. The van der Waals surface area contributed by atoms with E-state index in [0.717, 1.165) is 16.5 Å². The predicted molar refractivity (Wildman–Crippen MR) is 90.6 cm³/mol. The number of amides is 1. The molecule has 0 atom stereocenters. The Labute approximate surface area is 135 Å². The number of benzene rings is 2. The van der Waals surface area contributed by atoms with Gasteiger partial charge in [-0.15, -0.1) is 0 Å². The molecule has 0 saturated carbocycles. The van der Waals surface area contributed by atoms with Crippen molar-refractivity contribution in [1.29, 1.82) is 0 Å². The Bertz CT molecular complexity index is 859. The Hall–Kier alpha value is -2.88. The number of pyridine rings is 1. The Morgan fingerprint density at radius 3 is 2.78 bits per heavy atom. The van der Waals surface area contributed by atoms with Crippen LogP contribution in [0.3, 0.4) is 0 Å². The van der Waals surface area contributed by atoms with Gasteiger partial charge < -0.3 is 10.1 Å². The minimum atomic E-state index is -0.165. The number of methoxy groups -OCH3 is 1. The molecule has 1 heterocycles. The van der Waals surface area contributed by atoms with E-state index in [1.165, 1.54) is 5.56 Å². The zero-order valence-corrected chi connectivity index (χ0v) is 13.2. The predicted octanol–water partition coefficient (Wildman–Crippen LogP) is 3.48. The van der Waals surface area contributed by atoms with Gasteiger partial charge in [-0.05, 0) is 18.6 Å². The fourth-order valence-electron chi connectivity index (χ4n) is 2.60. The molecule has 0 radical (unpaired) electrons. The van der Waals surface area contributed by atoms with Crippen LogP contribution in [0.5, 0.6) is 5.75 Å².